The number of hydrogen-bond acceptors (Lipinski definition) is 6. The minimum absolute atomic E-state index is 0.178. The zero-order chi connectivity index (χ0) is 20.2. The van der Waals surface area contributed by atoms with Gasteiger partial charge in [0.15, 0.2) is 17.2 Å². The van der Waals surface area contributed by atoms with Gasteiger partial charge in [-0.1, -0.05) is 12.1 Å². The summed E-state index contributed by atoms with van der Waals surface area (Å²) in [6.07, 6.45) is 7.02. The molecule has 0 saturated heterocycles. The molecule has 0 unspecified atom stereocenters. The summed E-state index contributed by atoms with van der Waals surface area (Å²) in [5.41, 5.74) is 2.72. The van der Waals surface area contributed by atoms with Gasteiger partial charge in [0.25, 0.3) is 0 Å². The second-order valence-electron chi connectivity index (χ2n) is 7.00. The standard InChI is InChI=1S/C20H14FN7O2/c21-12-3-1-2-11-15(5-7-30-17(11)12)28-18-14(25-20(28)29)9-23-19(26-18)27-10-24-13-8-22-6-4-16(13)27/h1-4,6,8-10,15H,5,7H2,(H,25,29)/t15-/m1/s1. The van der Waals surface area contributed by atoms with E-state index in [0.717, 1.165) is 5.52 Å². The van der Waals surface area contributed by atoms with E-state index in [1.54, 1.807) is 46.2 Å². The summed E-state index contributed by atoms with van der Waals surface area (Å²) < 4.78 is 23.0. The molecule has 30 heavy (non-hydrogen) atoms. The molecule has 5 heterocycles. The van der Waals surface area contributed by atoms with Gasteiger partial charge in [-0.15, -0.1) is 0 Å². The van der Waals surface area contributed by atoms with Crippen LogP contribution < -0.4 is 10.4 Å². The van der Waals surface area contributed by atoms with E-state index in [1.807, 2.05) is 6.07 Å². The highest BCUT2D eigenvalue weighted by Gasteiger charge is 2.28. The van der Waals surface area contributed by atoms with Crippen LogP contribution >= 0.6 is 0 Å². The van der Waals surface area contributed by atoms with Gasteiger partial charge in [0.2, 0.25) is 5.95 Å². The number of nitrogens with one attached hydrogen (secondary N) is 1. The van der Waals surface area contributed by atoms with Gasteiger partial charge in [-0.2, -0.15) is 4.98 Å². The Kier molecular flexibility index (Phi) is 3.48. The predicted octanol–water partition coefficient (Wildman–Crippen LogP) is 2.36. The third-order valence-electron chi connectivity index (χ3n) is 5.32. The largest absolute Gasteiger partial charge is 0.490 e. The lowest BCUT2D eigenvalue weighted by atomic mass is 10.00. The maximum absolute atomic E-state index is 14.2. The number of pyridine rings is 1. The summed E-state index contributed by atoms with van der Waals surface area (Å²) in [5, 5.41) is 0. The Morgan fingerprint density at radius 1 is 1.20 bits per heavy atom. The first-order valence-corrected chi connectivity index (χ1v) is 9.36. The molecule has 5 aromatic rings. The maximum Gasteiger partial charge on any atom is 0.328 e. The van der Waals surface area contributed by atoms with Gasteiger partial charge >= 0.3 is 5.69 Å². The number of ether oxygens (including phenoxy) is 1. The topological polar surface area (TPSA) is 104 Å². The predicted molar refractivity (Wildman–Crippen MR) is 105 cm³/mol. The second kappa shape index (κ2) is 6.21. The van der Waals surface area contributed by atoms with Crippen molar-refractivity contribution in [2.75, 3.05) is 6.61 Å². The van der Waals surface area contributed by atoms with Crippen LogP contribution in [0, 0.1) is 5.82 Å². The summed E-state index contributed by atoms with van der Waals surface area (Å²) in [5.74, 6) is 0.103. The Bertz CT molecular complexity index is 1490. The first-order chi connectivity index (χ1) is 14.7. The zero-order valence-corrected chi connectivity index (χ0v) is 15.5. The minimum Gasteiger partial charge on any atom is -0.490 e. The average molecular weight is 403 g/mol. The van der Waals surface area contributed by atoms with Crippen LogP contribution in [0.3, 0.4) is 0 Å². The number of halogens is 1. The van der Waals surface area contributed by atoms with E-state index in [2.05, 4.69) is 24.9 Å². The van der Waals surface area contributed by atoms with Crippen molar-refractivity contribution in [2.24, 2.45) is 0 Å². The highest BCUT2D eigenvalue weighted by atomic mass is 19.1. The highest BCUT2D eigenvalue weighted by molar-refractivity contribution is 5.76. The fourth-order valence-corrected chi connectivity index (χ4v) is 3.97. The van der Waals surface area contributed by atoms with E-state index in [1.165, 1.54) is 6.07 Å². The van der Waals surface area contributed by atoms with E-state index < -0.39 is 11.9 Å². The van der Waals surface area contributed by atoms with Gasteiger partial charge in [0.05, 0.1) is 30.6 Å². The highest BCUT2D eigenvalue weighted by Crippen LogP contribution is 2.36. The van der Waals surface area contributed by atoms with Gasteiger partial charge in [-0.25, -0.2) is 19.2 Å². The van der Waals surface area contributed by atoms with E-state index in [-0.39, 0.29) is 11.4 Å². The molecule has 0 aliphatic carbocycles. The minimum atomic E-state index is -0.445. The second-order valence-corrected chi connectivity index (χ2v) is 7.00. The smallest absolute Gasteiger partial charge is 0.328 e. The quantitative estimate of drug-likeness (QED) is 0.485. The number of aromatic amines is 1. The van der Waals surface area contributed by atoms with Gasteiger partial charge < -0.3 is 9.72 Å². The Balaban J connectivity index is 1.57. The van der Waals surface area contributed by atoms with Gasteiger partial charge in [-0.3, -0.25) is 14.1 Å². The van der Waals surface area contributed by atoms with Gasteiger partial charge in [-0.05, 0) is 12.1 Å². The first kappa shape index (κ1) is 16.8. The number of H-pyrrole nitrogens is 1. The Labute approximate surface area is 167 Å². The zero-order valence-electron chi connectivity index (χ0n) is 15.5. The number of para-hydroxylation sites is 1. The number of fused-ring (bicyclic) bond motifs is 3. The molecule has 148 valence electrons. The molecule has 0 spiro atoms. The molecule has 1 aliphatic rings. The number of nitrogens with zero attached hydrogens (tertiary/aromatic N) is 6. The summed E-state index contributed by atoms with van der Waals surface area (Å²) >= 11 is 0. The van der Waals surface area contributed by atoms with Crippen LogP contribution in [0.1, 0.15) is 18.0 Å². The molecule has 1 aromatic carbocycles. The van der Waals surface area contributed by atoms with Crippen molar-refractivity contribution >= 4 is 22.2 Å². The van der Waals surface area contributed by atoms with Crippen LogP contribution in [-0.4, -0.2) is 40.7 Å². The third kappa shape index (κ3) is 2.36. The van der Waals surface area contributed by atoms with Crippen LogP contribution in [0.25, 0.3) is 28.1 Å². The number of hydrogen-bond donors (Lipinski definition) is 1. The van der Waals surface area contributed by atoms with E-state index in [0.29, 0.717) is 41.2 Å². The Morgan fingerprint density at radius 3 is 3.07 bits per heavy atom. The molecule has 9 nitrogen and oxygen atoms in total. The van der Waals surface area contributed by atoms with Crippen molar-refractivity contribution in [3.63, 3.8) is 0 Å². The van der Waals surface area contributed by atoms with E-state index >= 15 is 0 Å². The molecule has 10 heteroatoms. The van der Waals surface area contributed by atoms with Crippen LogP contribution in [0.2, 0.25) is 0 Å². The summed E-state index contributed by atoms with van der Waals surface area (Å²) in [6, 6.07) is 6.14. The molecular formula is C20H14FN7O2. The molecule has 0 saturated carbocycles. The molecule has 6 rings (SSSR count). The molecule has 0 fully saturated rings. The SMILES string of the molecule is O=c1[nH]c2cnc(-n3cnc4cnccc43)nc2n1[C@@H]1CCOc2c(F)cccc21. The number of benzene rings is 1. The monoisotopic (exact) mass is 403 g/mol. The van der Waals surface area contributed by atoms with Crippen LogP contribution in [0.15, 0.2) is 54.0 Å². The van der Waals surface area contributed by atoms with E-state index in [4.69, 9.17) is 4.74 Å². The third-order valence-corrected chi connectivity index (χ3v) is 5.32. The summed E-state index contributed by atoms with van der Waals surface area (Å²) in [7, 11) is 0. The van der Waals surface area contributed by atoms with Crippen molar-refractivity contribution < 1.29 is 9.13 Å². The van der Waals surface area contributed by atoms with Crippen molar-refractivity contribution in [2.45, 2.75) is 12.5 Å². The van der Waals surface area contributed by atoms with Crippen molar-refractivity contribution in [1.82, 2.24) is 34.1 Å². The fourth-order valence-electron chi connectivity index (χ4n) is 3.97. The molecule has 1 aliphatic heterocycles. The van der Waals surface area contributed by atoms with Gasteiger partial charge in [0.1, 0.15) is 17.4 Å². The Hall–Kier alpha value is -4.08. The van der Waals surface area contributed by atoms with Gasteiger partial charge in [0, 0.05) is 18.2 Å². The first-order valence-electron chi connectivity index (χ1n) is 9.36. The molecule has 0 bridgehead atoms. The molecular weight excluding hydrogens is 389 g/mol. The summed E-state index contributed by atoms with van der Waals surface area (Å²) in [4.78, 5) is 33.0. The molecule has 0 radical (unpaired) electrons. The van der Waals surface area contributed by atoms with Crippen molar-refractivity contribution in [1.29, 1.82) is 0 Å². The molecule has 4 aromatic heterocycles. The maximum atomic E-state index is 14.2. The molecule has 1 atom stereocenters. The Morgan fingerprint density at radius 2 is 2.13 bits per heavy atom. The van der Waals surface area contributed by atoms with Crippen LogP contribution in [0.5, 0.6) is 5.75 Å². The van der Waals surface area contributed by atoms with Crippen molar-refractivity contribution in [3.8, 4) is 11.7 Å². The number of rotatable bonds is 2. The van der Waals surface area contributed by atoms with Crippen LogP contribution in [-0.2, 0) is 0 Å². The fraction of sp³-hybridized carbons (Fsp3) is 0.150. The molecule has 1 N–H and O–H groups in total. The lowest BCUT2D eigenvalue weighted by Gasteiger charge is -2.26. The normalized spacial score (nSPS) is 16.0. The van der Waals surface area contributed by atoms with Crippen LogP contribution in [0.4, 0.5) is 4.39 Å². The van der Waals surface area contributed by atoms with Crippen molar-refractivity contribution in [3.05, 3.63) is 71.0 Å². The number of imidazole rings is 2. The lowest BCUT2D eigenvalue weighted by molar-refractivity contribution is 0.244. The lowest BCUT2D eigenvalue weighted by Crippen LogP contribution is -2.28. The summed E-state index contributed by atoms with van der Waals surface area (Å²) in [6.45, 7) is 0.300. The number of aromatic nitrogens is 7. The van der Waals surface area contributed by atoms with E-state index in [9.17, 15) is 9.18 Å². The molecule has 0 amide bonds. The average Bonchev–Trinajstić information content (AvgIpc) is 3.33.